The monoisotopic (exact) mass is 174 g/mol. The van der Waals surface area contributed by atoms with Crippen LogP contribution in [0.1, 0.15) is 32.5 Å². The van der Waals surface area contributed by atoms with Crippen molar-refractivity contribution < 1.29 is 4.57 Å². The molecule has 0 N–H and O–H groups in total. The molecule has 0 radical (unpaired) electrons. The zero-order chi connectivity index (χ0) is 9.42. The van der Waals surface area contributed by atoms with E-state index in [1.54, 1.807) is 0 Å². The average molecular weight is 174 g/mol. The summed E-state index contributed by atoms with van der Waals surface area (Å²) in [6.45, 7) is 6.79. The third kappa shape index (κ3) is 1.28. The zero-order valence-corrected chi connectivity index (χ0v) is 8.49. The highest BCUT2D eigenvalue weighted by Gasteiger charge is 2.28. The first-order chi connectivity index (χ1) is 6.20. The summed E-state index contributed by atoms with van der Waals surface area (Å²) in [5.41, 5.74) is 2.81. The maximum absolute atomic E-state index is 2.34. The SMILES string of the molecule is CC1=Cc2cccc[n+]2C(C)C1C. The molecule has 0 aliphatic carbocycles. The number of hydrogen-bond donors (Lipinski definition) is 0. The summed E-state index contributed by atoms with van der Waals surface area (Å²) in [5.74, 6) is 0.653. The second-order valence-electron chi connectivity index (χ2n) is 3.95. The lowest BCUT2D eigenvalue weighted by Gasteiger charge is -2.21. The maximum atomic E-state index is 2.34. The molecule has 0 saturated carbocycles. The molecular formula is C12H16N+. The molecule has 1 aromatic heterocycles. The van der Waals surface area contributed by atoms with Crippen LogP contribution in [0.3, 0.4) is 0 Å². The molecule has 13 heavy (non-hydrogen) atoms. The first-order valence-electron chi connectivity index (χ1n) is 4.88. The molecule has 2 atom stereocenters. The summed E-state index contributed by atoms with van der Waals surface area (Å²) in [6.07, 6.45) is 4.45. The van der Waals surface area contributed by atoms with Crippen LogP contribution in [0.25, 0.3) is 6.08 Å². The van der Waals surface area contributed by atoms with Gasteiger partial charge in [-0.3, -0.25) is 0 Å². The van der Waals surface area contributed by atoms with Crippen LogP contribution in [0.4, 0.5) is 0 Å². The predicted octanol–water partition coefficient (Wildman–Crippen LogP) is 2.59. The van der Waals surface area contributed by atoms with Gasteiger partial charge in [0.25, 0.3) is 0 Å². The van der Waals surface area contributed by atoms with Crippen molar-refractivity contribution in [1.29, 1.82) is 0 Å². The molecule has 0 spiro atoms. The standard InChI is InChI=1S/C12H16N/c1-9-8-12-6-4-5-7-13(12)11(3)10(9)2/h4-8,10-11H,1-3H3/q+1. The molecule has 1 aromatic rings. The van der Waals surface area contributed by atoms with Crippen LogP contribution in [-0.4, -0.2) is 0 Å². The molecule has 0 bridgehead atoms. The van der Waals surface area contributed by atoms with E-state index in [9.17, 15) is 0 Å². The van der Waals surface area contributed by atoms with Crippen molar-refractivity contribution in [3.8, 4) is 0 Å². The van der Waals surface area contributed by atoms with Crippen LogP contribution in [0.15, 0.2) is 30.0 Å². The summed E-state index contributed by atoms with van der Waals surface area (Å²) in [4.78, 5) is 0. The minimum Gasteiger partial charge on any atom is -0.196 e. The van der Waals surface area contributed by atoms with Gasteiger partial charge in [-0.25, -0.2) is 0 Å². The predicted molar refractivity (Wildman–Crippen MR) is 54.2 cm³/mol. The molecule has 0 aromatic carbocycles. The van der Waals surface area contributed by atoms with Gasteiger partial charge in [0, 0.05) is 24.1 Å². The van der Waals surface area contributed by atoms with Crippen molar-refractivity contribution in [2.75, 3.05) is 0 Å². The highest BCUT2D eigenvalue weighted by atomic mass is 15.0. The first kappa shape index (κ1) is 8.49. The van der Waals surface area contributed by atoms with Gasteiger partial charge < -0.3 is 0 Å². The number of fused-ring (bicyclic) bond motifs is 1. The molecule has 2 rings (SSSR count). The van der Waals surface area contributed by atoms with Gasteiger partial charge in [0.1, 0.15) is 0 Å². The van der Waals surface area contributed by atoms with Gasteiger partial charge in [-0.2, -0.15) is 4.57 Å². The maximum Gasteiger partial charge on any atom is 0.205 e. The number of allylic oxidation sites excluding steroid dienone is 1. The van der Waals surface area contributed by atoms with Crippen LogP contribution in [0.2, 0.25) is 0 Å². The van der Waals surface area contributed by atoms with Crippen LogP contribution in [0.5, 0.6) is 0 Å². The van der Waals surface area contributed by atoms with Crippen molar-refractivity contribution >= 4 is 6.08 Å². The number of pyridine rings is 1. The van der Waals surface area contributed by atoms with E-state index in [0.717, 1.165) is 0 Å². The third-order valence-corrected chi connectivity index (χ3v) is 3.18. The van der Waals surface area contributed by atoms with E-state index in [1.807, 2.05) is 0 Å². The van der Waals surface area contributed by atoms with Gasteiger partial charge in [-0.1, -0.05) is 12.5 Å². The molecule has 2 unspecified atom stereocenters. The molecule has 0 amide bonds. The fraction of sp³-hybridized carbons (Fsp3) is 0.417. The molecular weight excluding hydrogens is 158 g/mol. The van der Waals surface area contributed by atoms with Gasteiger partial charge in [-0.15, -0.1) is 0 Å². The quantitative estimate of drug-likeness (QED) is 0.532. The third-order valence-electron chi connectivity index (χ3n) is 3.18. The van der Waals surface area contributed by atoms with E-state index in [4.69, 9.17) is 0 Å². The highest BCUT2D eigenvalue weighted by Crippen LogP contribution is 2.25. The Hall–Kier alpha value is -1.11. The largest absolute Gasteiger partial charge is 0.205 e. The normalized spacial score (nSPS) is 26.5. The second-order valence-corrected chi connectivity index (χ2v) is 3.95. The van der Waals surface area contributed by atoms with Gasteiger partial charge in [0.15, 0.2) is 12.2 Å². The Morgan fingerprint density at radius 2 is 2.00 bits per heavy atom. The molecule has 1 nitrogen and oxygen atoms in total. The molecule has 1 heteroatoms. The Morgan fingerprint density at radius 3 is 2.77 bits per heavy atom. The highest BCUT2D eigenvalue weighted by molar-refractivity contribution is 5.47. The second kappa shape index (κ2) is 2.99. The van der Waals surface area contributed by atoms with Crippen molar-refractivity contribution in [3.05, 3.63) is 35.7 Å². The number of hydrogen-bond acceptors (Lipinski definition) is 0. The zero-order valence-electron chi connectivity index (χ0n) is 8.49. The minimum absolute atomic E-state index is 0.584. The first-order valence-corrected chi connectivity index (χ1v) is 4.88. The summed E-state index contributed by atoms with van der Waals surface area (Å²) in [7, 11) is 0. The van der Waals surface area contributed by atoms with Gasteiger partial charge >= 0.3 is 0 Å². The summed E-state index contributed by atoms with van der Waals surface area (Å²) in [5, 5.41) is 0. The van der Waals surface area contributed by atoms with E-state index in [1.165, 1.54) is 11.3 Å². The Balaban J connectivity index is 2.56. The number of rotatable bonds is 0. The Labute approximate surface area is 79.7 Å². The fourth-order valence-electron chi connectivity index (χ4n) is 1.95. The molecule has 2 heterocycles. The lowest BCUT2D eigenvalue weighted by molar-refractivity contribution is -0.728. The van der Waals surface area contributed by atoms with Crippen LogP contribution < -0.4 is 4.57 Å². The molecule has 1 aliphatic rings. The Bertz CT molecular complexity index is 352. The lowest BCUT2D eigenvalue weighted by atomic mass is 9.91. The van der Waals surface area contributed by atoms with Crippen molar-refractivity contribution in [2.45, 2.75) is 26.8 Å². The van der Waals surface area contributed by atoms with Crippen molar-refractivity contribution in [2.24, 2.45) is 5.92 Å². The topological polar surface area (TPSA) is 3.88 Å². The smallest absolute Gasteiger partial charge is 0.196 e. The van der Waals surface area contributed by atoms with E-state index in [0.29, 0.717) is 12.0 Å². The van der Waals surface area contributed by atoms with Crippen LogP contribution in [0, 0.1) is 5.92 Å². The molecule has 68 valence electrons. The number of aromatic nitrogens is 1. The Kier molecular flexibility index (Phi) is 1.95. The van der Waals surface area contributed by atoms with E-state index < -0.39 is 0 Å². The average Bonchev–Trinajstić information content (AvgIpc) is 2.15. The molecule has 1 aliphatic heterocycles. The van der Waals surface area contributed by atoms with Crippen LogP contribution in [-0.2, 0) is 0 Å². The van der Waals surface area contributed by atoms with Crippen molar-refractivity contribution in [3.63, 3.8) is 0 Å². The molecule has 0 fully saturated rings. The summed E-state index contributed by atoms with van der Waals surface area (Å²) >= 11 is 0. The van der Waals surface area contributed by atoms with Gasteiger partial charge in [0.05, 0.1) is 0 Å². The molecule has 0 saturated heterocycles. The lowest BCUT2D eigenvalue weighted by Crippen LogP contribution is -2.45. The summed E-state index contributed by atoms with van der Waals surface area (Å²) < 4.78 is 2.34. The summed E-state index contributed by atoms with van der Waals surface area (Å²) in [6, 6.07) is 6.95. The minimum atomic E-state index is 0.584. The van der Waals surface area contributed by atoms with Gasteiger partial charge in [-0.05, 0) is 19.9 Å². The van der Waals surface area contributed by atoms with E-state index in [-0.39, 0.29) is 0 Å². The van der Waals surface area contributed by atoms with E-state index >= 15 is 0 Å². The number of nitrogens with zero attached hydrogens (tertiary/aromatic N) is 1. The fourth-order valence-corrected chi connectivity index (χ4v) is 1.95. The van der Waals surface area contributed by atoms with E-state index in [2.05, 4.69) is 55.8 Å². The van der Waals surface area contributed by atoms with Crippen molar-refractivity contribution in [1.82, 2.24) is 0 Å². The Morgan fingerprint density at radius 1 is 1.23 bits per heavy atom. The van der Waals surface area contributed by atoms with Gasteiger partial charge in [0.2, 0.25) is 5.69 Å². The van der Waals surface area contributed by atoms with Crippen LogP contribution >= 0.6 is 0 Å².